The first kappa shape index (κ1) is 13.1. The Kier molecular flexibility index (Phi) is 10.2. The van der Waals surface area contributed by atoms with E-state index in [1.54, 1.807) is 0 Å². The number of hydrogen-bond acceptors (Lipinski definition) is 2. The van der Waals surface area contributed by atoms with Crippen LogP contribution in [0.1, 0.15) is 45.4 Å². The molecule has 0 heterocycles. The van der Waals surface area contributed by atoms with Gasteiger partial charge < -0.3 is 9.29 Å². The fourth-order valence-corrected chi connectivity index (χ4v) is 1.38. The van der Waals surface area contributed by atoms with Gasteiger partial charge in [-0.2, -0.15) is 0 Å². The number of hydrogen-bond donors (Lipinski definition) is 1. The second kappa shape index (κ2) is 10.2. The summed E-state index contributed by atoms with van der Waals surface area (Å²) in [6.45, 7) is 2.80. The molecule has 1 N–H and O–H groups in total. The fourth-order valence-electron chi connectivity index (χ4n) is 1.11. The smallest absolute Gasteiger partial charge is 0.179 e. The van der Waals surface area contributed by atoms with E-state index in [1.807, 2.05) is 0 Å². The van der Waals surface area contributed by atoms with Crippen LogP contribution in [0, 0.1) is 0 Å². The molecule has 0 aromatic heterocycles. The van der Waals surface area contributed by atoms with Crippen LogP contribution in [0.2, 0.25) is 0 Å². The minimum Gasteiger partial charge on any atom is -0.366 e. The van der Waals surface area contributed by atoms with Crippen LogP contribution >= 0.6 is 0 Å². The van der Waals surface area contributed by atoms with Crippen LogP contribution in [0.15, 0.2) is 0 Å². The summed E-state index contributed by atoms with van der Waals surface area (Å²) in [5, 5.41) is 0. The van der Waals surface area contributed by atoms with E-state index in [-0.39, 0.29) is 5.94 Å². The normalized spacial score (nSPS) is 13.1. The van der Waals surface area contributed by atoms with Crippen molar-refractivity contribution >= 4 is 11.1 Å². The standard InChI is InChI=1S/C9H20O3S/c1-2-3-4-5-6-7-8-12-9-13(10)11/h2-9H2,1H3,(H,10,11). The number of rotatable bonds is 9. The zero-order valence-corrected chi connectivity index (χ0v) is 9.15. The summed E-state index contributed by atoms with van der Waals surface area (Å²) in [6.07, 6.45) is 7.28. The first-order valence-corrected chi connectivity index (χ1v) is 6.20. The predicted octanol–water partition coefficient (Wildman–Crippen LogP) is 2.54. The van der Waals surface area contributed by atoms with E-state index < -0.39 is 11.1 Å². The molecular weight excluding hydrogens is 188 g/mol. The molecule has 0 aliphatic rings. The van der Waals surface area contributed by atoms with Crippen molar-refractivity contribution in [2.45, 2.75) is 45.4 Å². The van der Waals surface area contributed by atoms with Gasteiger partial charge in [0, 0.05) is 6.61 Å². The summed E-state index contributed by atoms with van der Waals surface area (Å²) < 4.78 is 23.5. The first-order valence-electron chi connectivity index (χ1n) is 4.92. The van der Waals surface area contributed by atoms with Gasteiger partial charge in [0.05, 0.1) is 0 Å². The highest BCUT2D eigenvalue weighted by Crippen LogP contribution is 2.04. The van der Waals surface area contributed by atoms with E-state index in [1.165, 1.54) is 25.7 Å². The molecule has 0 bridgehead atoms. The Bertz CT molecular complexity index is 128. The van der Waals surface area contributed by atoms with Crippen LogP contribution in [0.25, 0.3) is 0 Å². The second-order valence-electron chi connectivity index (χ2n) is 3.12. The molecular formula is C9H20O3S. The van der Waals surface area contributed by atoms with Crippen LogP contribution in [0.3, 0.4) is 0 Å². The van der Waals surface area contributed by atoms with Crippen molar-refractivity contribution in [3.05, 3.63) is 0 Å². The van der Waals surface area contributed by atoms with Crippen LogP contribution in [0.5, 0.6) is 0 Å². The summed E-state index contributed by atoms with van der Waals surface area (Å²) in [6, 6.07) is 0. The van der Waals surface area contributed by atoms with Gasteiger partial charge in [-0.1, -0.05) is 39.0 Å². The molecule has 0 spiro atoms. The van der Waals surface area contributed by atoms with Gasteiger partial charge in [0.15, 0.2) is 11.1 Å². The van der Waals surface area contributed by atoms with E-state index in [2.05, 4.69) is 6.92 Å². The summed E-state index contributed by atoms with van der Waals surface area (Å²) >= 11 is -1.80. The monoisotopic (exact) mass is 208 g/mol. The lowest BCUT2D eigenvalue weighted by Gasteiger charge is -2.01. The molecule has 0 aromatic carbocycles. The van der Waals surface area contributed by atoms with Crippen molar-refractivity contribution in [2.75, 3.05) is 12.5 Å². The van der Waals surface area contributed by atoms with Gasteiger partial charge in [-0.05, 0) is 6.42 Å². The van der Waals surface area contributed by atoms with Crippen molar-refractivity contribution in [1.82, 2.24) is 0 Å². The highest BCUT2D eigenvalue weighted by molar-refractivity contribution is 7.79. The Morgan fingerprint density at radius 1 is 1.15 bits per heavy atom. The molecule has 0 saturated carbocycles. The van der Waals surface area contributed by atoms with E-state index in [0.717, 1.165) is 12.8 Å². The molecule has 0 radical (unpaired) electrons. The minimum absolute atomic E-state index is 0.0467. The lowest BCUT2D eigenvalue weighted by Crippen LogP contribution is -2.01. The quantitative estimate of drug-likeness (QED) is 0.468. The molecule has 0 fully saturated rings. The average molecular weight is 208 g/mol. The van der Waals surface area contributed by atoms with Gasteiger partial charge in [0.2, 0.25) is 0 Å². The van der Waals surface area contributed by atoms with E-state index in [4.69, 9.17) is 9.29 Å². The molecule has 0 aliphatic carbocycles. The predicted molar refractivity (Wildman–Crippen MR) is 55.0 cm³/mol. The Hall–Kier alpha value is 0.0700. The molecule has 4 heteroatoms. The van der Waals surface area contributed by atoms with Crippen LogP contribution in [-0.4, -0.2) is 21.3 Å². The maximum atomic E-state index is 10.2. The minimum atomic E-state index is -1.80. The topological polar surface area (TPSA) is 46.5 Å². The molecule has 3 nitrogen and oxygen atoms in total. The van der Waals surface area contributed by atoms with Crippen molar-refractivity contribution in [1.29, 1.82) is 0 Å². The molecule has 1 unspecified atom stereocenters. The van der Waals surface area contributed by atoms with Gasteiger partial charge in [-0.3, -0.25) is 0 Å². The zero-order chi connectivity index (χ0) is 9.94. The SMILES string of the molecule is CCCCCCCCOCS(=O)O. The highest BCUT2D eigenvalue weighted by atomic mass is 32.2. The van der Waals surface area contributed by atoms with E-state index in [0.29, 0.717) is 6.61 Å². The molecule has 0 rings (SSSR count). The third-order valence-corrected chi connectivity index (χ3v) is 2.19. The fraction of sp³-hybridized carbons (Fsp3) is 1.00. The van der Waals surface area contributed by atoms with Gasteiger partial charge in [0.1, 0.15) is 5.94 Å². The van der Waals surface area contributed by atoms with Gasteiger partial charge >= 0.3 is 0 Å². The highest BCUT2D eigenvalue weighted by Gasteiger charge is 1.93. The van der Waals surface area contributed by atoms with Crippen molar-refractivity contribution in [3.8, 4) is 0 Å². The van der Waals surface area contributed by atoms with Gasteiger partial charge in [-0.15, -0.1) is 0 Å². The van der Waals surface area contributed by atoms with Gasteiger partial charge in [0.25, 0.3) is 0 Å². The summed E-state index contributed by atoms with van der Waals surface area (Å²) in [7, 11) is 0. The van der Waals surface area contributed by atoms with E-state index >= 15 is 0 Å². The summed E-state index contributed by atoms with van der Waals surface area (Å²) in [5.41, 5.74) is 0. The maximum absolute atomic E-state index is 10.2. The molecule has 0 aromatic rings. The molecule has 0 aliphatic heterocycles. The average Bonchev–Trinajstić information content (AvgIpc) is 2.09. The van der Waals surface area contributed by atoms with Crippen LogP contribution in [-0.2, 0) is 15.8 Å². The third kappa shape index (κ3) is 12.1. The van der Waals surface area contributed by atoms with Crippen LogP contribution in [0.4, 0.5) is 0 Å². The first-order chi connectivity index (χ1) is 6.27. The number of unbranched alkanes of at least 4 members (excludes halogenated alkanes) is 5. The molecule has 13 heavy (non-hydrogen) atoms. The lowest BCUT2D eigenvalue weighted by atomic mass is 10.1. The Morgan fingerprint density at radius 3 is 2.38 bits per heavy atom. The Morgan fingerprint density at radius 2 is 1.77 bits per heavy atom. The number of ether oxygens (including phenoxy) is 1. The molecule has 0 amide bonds. The molecule has 80 valence electrons. The molecule has 0 saturated heterocycles. The Labute approximate surface area is 83.1 Å². The van der Waals surface area contributed by atoms with Gasteiger partial charge in [-0.25, -0.2) is 4.21 Å². The summed E-state index contributed by atoms with van der Waals surface area (Å²) in [5.74, 6) is -0.0467. The third-order valence-electron chi connectivity index (χ3n) is 1.83. The molecule has 1 atom stereocenters. The largest absolute Gasteiger partial charge is 0.366 e. The van der Waals surface area contributed by atoms with Crippen molar-refractivity contribution < 1.29 is 13.5 Å². The Balaban J connectivity index is 2.87. The van der Waals surface area contributed by atoms with Crippen LogP contribution < -0.4 is 0 Å². The van der Waals surface area contributed by atoms with Crippen molar-refractivity contribution in [2.24, 2.45) is 0 Å². The lowest BCUT2D eigenvalue weighted by molar-refractivity contribution is 0.170. The zero-order valence-electron chi connectivity index (χ0n) is 8.33. The van der Waals surface area contributed by atoms with E-state index in [9.17, 15) is 4.21 Å². The second-order valence-corrected chi connectivity index (χ2v) is 3.99. The van der Waals surface area contributed by atoms with Crippen molar-refractivity contribution in [3.63, 3.8) is 0 Å². The maximum Gasteiger partial charge on any atom is 0.179 e. The summed E-state index contributed by atoms with van der Waals surface area (Å²) in [4.78, 5) is 0.